The van der Waals surface area contributed by atoms with Crippen LogP contribution in [0.5, 0.6) is 0 Å². The average Bonchev–Trinajstić information content (AvgIpc) is 2.83. The van der Waals surface area contributed by atoms with E-state index in [4.69, 9.17) is 5.11 Å². The van der Waals surface area contributed by atoms with E-state index in [-0.39, 0.29) is 5.25 Å². The molecule has 0 radical (unpaired) electrons. The van der Waals surface area contributed by atoms with Crippen molar-refractivity contribution < 1.29 is 9.90 Å². The molecule has 0 fully saturated rings. The van der Waals surface area contributed by atoms with Crippen LogP contribution in [0.4, 0.5) is 0 Å². The maximum absolute atomic E-state index is 10.8. The predicted molar refractivity (Wildman–Crippen MR) is 155 cm³/mol. The number of hydrogen-bond donors (Lipinski definition) is 1. The largest absolute Gasteiger partial charge is 0.480 e. The Bertz CT molecular complexity index is 399. The predicted octanol–water partition coefficient (Wildman–Crippen LogP) is 11.4. The zero-order valence-electron chi connectivity index (χ0n) is 23.4. The first-order valence-electron chi connectivity index (χ1n) is 15.5. The number of carboxylic acids is 1. The third-order valence-electron chi connectivity index (χ3n) is 7.21. The van der Waals surface area contributed by atoms with E-state index in [0.29, 0.717) is 0 Å². The fraction of sp³-hybridized carbons (Fsp3) is 0.968. The van der Waals surface area contributed by atoms with Gasteiger partial charge in [-0.15, -0.1) is 11.8 Å². The Morgan fingerprint density at radius 2 is 0.735 bits per heavy atom. The standard InChI is InChI=1S/C31H62O2S/c1-3-4-5-6-7-8-9-10-11-12-13-14-15-16-17-18-19-20-21-22-23-24-25-26-27-28-29-34-30(2)31(32)33/h30H,3-29H2,1-2H3,(H,32,33). The molecule has 0 amide bonds. The molecule has 1 N–H and O–H groups in total. The molecule has 3 heteroatoms. The van der Waals surface area contributed by atoms with Crippen molar-refractivity contribution in [3.05, 3.63) is 0 Å². The topological polar surface area (TPSA) is 37.3 Å². The van der Waals surface area contributed by atoms with E-state index in [2.05, 4.69) is 6.92 Å². The molecule has 2 nitrogen and oxygen atoms in total. The maximum atomic E-state index is 10.8. The van der Waals surface area contributed by atoms with Gasteiger partial charge in [-0.25, -0.2) is 0 Å². The van der Waals surface area contributed by atoms with Crippen LogP contribution >= 0.6 is 11.8 Å². The zero-order valence-corrected chi connectivity index (χ0v) is 24.2. The lowest BCUT2D eigenvalue weighted by molar-refractivity contribution is -0.136. The van der Waals surface area contributed by atoms with Crippen LogP contribution in [0.2, 0.25) is 0 Å². The highest BCUT2D eigenvalue weighted by Crippen LogP contribution is 2.17. The summed E-state index contributed by atoms with van der Waals surface area (Å²) in [6.07, 6.45) is 37.0. The number of thioether (sulfide) groups is 1. The first-order valence-corrected chi connectivity index (χ1v) is 16.6. The first-order chi connectivity index (χ1) is 16.7. The second kappa shape index (κ2) is 29.1. The van der Waals surface area contributed by atoms with Crippen molar-refractivity contribution >= 4 is 17.7 Å². The molecule has 0 aromatic heterocycles. The first kappa shape index (κ1) is 33.8. The van der Waals surface area contributed by atoms with Crippen LogP contribution in [0.1, 0.15) is 181 Å². The Labute approximate surface area is 219 Å². The van der Waals surface area contributed by atoms with Crippen molar-refractivity contribution in [3.8, 4) is 0 Å². The lowest BCUT2D eigenvalue weighted by Gasteiger charge is -2.06. The van der Waals surface area contributed by atoms with Gasteiger partial charge in [-0.1, -0.05) is 167 Å². The summed E-state index contributed by atoms with van der Waals surface area (Å²) in [5.74, 6) is 0.312. The van der Waals surface area contributed by atoms with Gasteiger partial charge < -0.3 is 5.11 Å². The molecule has 34 heavy (non-hydrogen) atoms. The normalized spacial score (nSPS) is 12.3. The fourth-order valence-corrected chi connectivity index (χ4v) is 5.62. The summed E-state index contributed by atoms with van der Waals surface area (Å²) >= 11 is 1.58. The summed E-state index contributed by atoms with van der Waals surface area (Å²) in [5.41, 5.74) is 0. The van der Waals surface area contributed by atoms with E-state index < -0.39 is 5.97 Å². The Balaban J connectivity index is 3.05. The minimum Gasteiger partial charge on any atom is -0.480 e. The molecule has 0 saturated heterocycles. The van der Waals surface area contributed by atoms with E-state index in [9.17, 15) is 4.79 Å². The second-order valence-electron chi connectivity index (χ2n) is 10.7. The van der Waals surface area contributed by atoms with Gasteiger partial charge in [0.25, 0.3) is 0 Å². The number of hydrogen-bond acceptors (Lipinski definition) is 2. The van der Waals surface area contributed by atoms with Gasteiger partial charge in [-0.3, -0.25) is 4.79 Å². The lowest BCUT2D eigenvalue weighted by atomic mass is 10.0. The Morgan fingerprint density at radius 3 is 0.971 bits per heavy atom. The molecule has 1 unspecified atom stereocenters. The van der Waals surface area contributed by atoms with Gasteiger partial charge in [0.15, 0.2) is 0 Å². The number of rotatable bonds is 29. The third-order valence-corrected chi connectivity index (χ3v) is 8.44. The molecule has 0 heterocycles. The average molecular weight is 499 g/mol. The van der Waals surface area contributed by atoms with Crippen LogP contribution < -0.4 is 0 Å². The Hall–Kier alpha value is -0.180. The summed E-state index contributed by atoms with van der Waals surface area (Å²) in [5, 5.41) is 8.61. The minimum atomic E-state index is -0.681. The van der Waals surface area contributed by atoms with Gasteiger partial charge in [0.05, 0.1) is 5.25 Å². The van der Waals surface area contributed by atoms with Crippen molar-refractivity contribution in [1.29, 1.82) is 0 Å². The molecule has 0 bridgehead atoms. The molecule has 0 aromatic carbocycles. The van der Waals surface area contributed by atoms with E-state index in [0.717, 1.165) is 5.75 Å². The van der Waals surface area contributed by atoms with E-state index in [1.807, 2.05) is 0 Å². The number of aliphatic carboxylic acids is 1. The molecule has 0 aliphatic rings. The Kier molecular flexibility index (Phi) is 28.9. The summed E-state index contributed by atoms with van der Waals surface area (Å²) in [6, 6.07) is 0. The zero-order chi connectivity index (χ0) is 25.0. The summed E-state index contributed by atoms with van der Waals surface area (Å²) in [4.78, 5) is 10.8. The molecule has 1 atom stereocenters. The number of unbranched alkanes of at least 4 members (excludes halogenated alkanes) is 25. The van der Waals surface area contributed by atoms with Crippen molar-refractivity contribution in [2.45, 2.75) is 186 Å². The molecule has 0 aliphatic heterocycles. The van der Waals surface area contributed by atoms with Gasteiger partial charge >= 0.3 is 5.97 Å². The van der Waals surface area contributed by atoms with Crippen LogP contribution in [-0.4, -0.2) is 22.1 Å². The molecule has 0 saturated carbocycles. The molecular weight excluding hydrogens is 436 g/mol. The van der Waals surface area contributed by atoms with Gasteiger partial charge in [0.1, 0.15) is 0 Å². The fourth-order valence-electron chi connectivity index (χ4n) is 4.75. The van der Waals surface area contributed by atoms with E-state index in [1.54, 1.807) is 18.7 Å². The van der Waals surface area contributed by atoms with E-state index in [1.165, 1.54) is 167 Å². The monoisotopic (exact) mass is 498 g/mol. The molecule has 0 spiro atoms. The molecule has 0 rings (SSSR count). The van der Waals surface area contributed by atoms with Crippen molar-refractivity contribution in [3.63, 3.8) is 0 Å². The van der Waals surface area contributed by atoms with Gasteiger partial charge in [0.2, 0.25) is 0 Å². The summed E-state index contributed by atoms with van der Waals surface area (Å²) in [7, 11) is 0. The highest BCUT2D eigenvalue weighted by Gasteiger charge is 2.09. The molecule has 0 aliphatic carbocycles. The minimum absolute atomic E-state index is 0.251. The molecular formula is C31H62O2S. The summed E-state index contributed by atoms with van der Waals surface area (Å²) in [6.45, 7) is 4.08. The van der Waals surface area contributed by atoms with Crippen LogP contribution in [0.15, 0.2) is 0 Å². The van der Waals surface area contributed by atoms with Crippen LogP contribution in [0.3, 0.4) is 0 Å². The van der Waals surface area contributed by atoms with Crippen molar-refractivity contribution in [2.75, 3.05) is 5.75 Å². The van der Waals surface area contributed by atoms with Gasteiger partial charge in [-0.2, -0.15) is 0 Å². The quantitative estimate of drug-likeness (QED) is 0.104. The second-order valence-corrected chi connectivity index (χ2v) is 12.1. The van der Waals surface area contributed by atoms with Crippen LogP contribution in [-0.2, 0) is 4.79 Å². The van der Waals surface area contributed by atoms with Gasteiger partial charge in [0, 0.05) is 0 Å². The third kappa shape index (κ3) is 28.1. The van der Waals surface area contributed by atoms with E-state index >= 15 is 0 Å². The highest BCUT2D eigenvalue weighted by molar-refractivity contribution is 8.00. The van der Waals surface area contributed by atoms with Crippen molar-refractivity contribution in [1.82, 2.24) is 0 Å². The molecule has 0 aromatic rings. The van der Waals surface area contributed by atoms with Crippen LogP contribution in [0.25, 0.3) is 0 Å². The number of carboxylic acid groups (broad SMARTS) is 1. The van der Waals surface area contributed by atoms with Crippen molar-refractivity contribution in [2.24, 2.45) is 0 Å². The van der Waals surface area contributed by atoms with Gasteiger partial charge in [-0.05, 0) is 19.1 Å². The van der Waals surface area contributed by atoms with Crippen LogP contribution in [0, 0.1) is 0 Å². The molecule has 204 valence electrons. The highest BCUT2D eigenvalue weighted by atomic mass is 32.2. The summed E-state index contributed by atoms with van der Waals surface area (Å²) < 4.78 is 0. The smallest absolute Gasteiger partial charge is 0.316 e. The Morgan fingerprint density at radius 1 is 0.500 bits per heavy atom. The SMILES string of the molecule is CCCCCCCCCCCCCCCCCCCCCCCCCCCCSC(C)C(=O)O. The lowest BCUT2D eigenvalue weighted by Crippen LogP contribution is -2.11. The number of carbonyl (C=O) groups is 1. The maximum Gasteiger partial charge on any atom is 0.316 e.